The molecular formula is C30H45N3O2. The molecule has 0 aromatic heterocycles. The van der Waals surface area contributed by atoms with Crippen molar-refractivity contribution >= 4 is 17.5 Å². The number of amides is 3. The fourth-order valence-electron chi connectivity index (χ4n) is 6.34. The lowest BCUT2D eigenvalue weighted by atomic mass is 9.80. The van der Waals surface area contributed by atoms with E-state index in [1.165, 1.54) is 22.3 Å². The number of nitrogens with one attached hydrogen (secondary N) is 1. The molecule has 1 aromatic rings. The number of carbonyl (C=O) groups excluding carboxylic acids is 2. The van der Waals surface area contributed by atoms with Crippen molar-refractivity contribution in [3.05, 3.63) is 41.0 Å². The van der Waals surface area contributed by atoms with Gasteiger partial charge in [0.15, 0.2) is 0 Å². The molecule has 2 aliphatic carbocycles. The summed E-state index contributed by atoms with van der Waals surface area (Å²) in [6, 6.07) is 9.03. The van der Waals surface area contributed by atoms with Gasteiger partial charge in [0.2, 0.25) is 5.91 Å². The van der Waals surface area contributed by atoms with Gasteiger partial charge >= 0.3 is 6.03 Å². The van der Waals surface area contributed by atoms with Crippen LogP contribution in [0.2, 0.25) is 0 Å². The van der Waals surface area contributed by atoms with E-state index < -0.39 is 0 Å². The van der Waals surface area contributed by atoms with Crippen LogP contribution in [0.3, 0.4) is 0 Å². The first-order valence-corrected chi connectivity index (χ1v) is 13.7. The van der Waals surface area contributed by atoms with E-state index in [1.807, 2.05) is 32.7 Å². The van der Waals surface area contributed by atoms with Crippen molar-refractivity contribution in [3.63, 3.8) is 0 Å². The van der Waals surface area contributed by atoms with E-state index in [0.717, 1.165) is 58.0 Å². The standard InChI is InChI=1S/C30H45N3O2/c1-20(2)17-27-26-18-23-9-7-8-10-24(23)25(26)15-16-33(27)28(34)22-13-11-21(12-14-22)19-32(6)29(35)31-30(3,4)5/h7-10,20-22,27H,11-19H2,1-6H3,(H,31,35). The number of rotatable bonds is 5. The molecule has 1 heterocycles. The van der Waals surface area contributed by atoms with Crippen LogP contribution in [0.5, 0.6) is 0 Å². The smallest absolute Gasteiger partial charge is 0.317 e. The Bertz CT molecular complexity index is 966. The molecule has 35 heavy (non-hydrogen) atoms. The zero-order chi connectivity index (χ0) is 25.3. The first kappa shape index (κ1) is 25.8. The van der Waals surface area contributed by atoms with Gasteiger partial charge in [0.25, 0.3) is 0 Å². The number of urea groups is 1. The van der Waals surface area contributed by atoms with Gasteiger partial charge in [0.1, 0.15) is 0 Å². The molecule has 3 aliphatic rings. The summed E-state index contributed by atoms with van der Waals surface area (Å²) in [5.74, 6) is 1.52. The van der Waals surface area contributed by atoms with Gasteiger partial charge in [-0.15, -0.1) is 0 Å². The summed E-state index contributed by atoms with van der Waals surface area (Å²) in [5.41, 5.74) is 5.63. The first-order chi connectivity index (χ1) is 16.5. The van der Waals surface area contributed by atoms with Crippen molar-refractivity contribution in [1.82, 2.24) is 15.1 Å². The van der Waals surface area contributed by atoms with Gasteiger partial charge in [0.05, 0.1) is 6.04 Å². The maximum Gasteiger partial charge on any atom is 0.317 e. The van der Waals surface area contributed by atoms with E-state index in [1.54, 1.807) is 0 Å². The molecular weight excluding hydrogens is 434 g/mol. The highest BCUT2D eigenvalue weighted by molar-refractivity contribution is 5.84. The molecule has 1 N–H and O–H groups in total. The molecule has 0 bridgehead atoms. The number of benzene rings is 1. The lowest BCUT2D eigenvalue weighted by molar-refractivity contribution is -0.139. The third-order valence-corrected chi connectivity index (χ3v) is 8.03. The first-order valence-electron chi connectivity index (χ1n) is 13.7. The zero-order valence-corrected chi connectivity index (χ0v) is 22.7. The second-order valence-electron chi connectivity index (χ2n) is 12.5. The topological polar surface area (TPSA) is 52.7 Å². The highest BCUT2D eigenvalue weighted by atomic mass is 16.2. The van der Waals surface area contributed by atoms with E-state index in [9.17, 15) is 9.59 Å². The van der Waals surface area contributed by atoms with Crippen LogP contribution in [0.1, 0.15) is 84.3 Å². The molecule has 1 unspecified atom stereocenters. The van der Waals surface area contributed by atoms with Gasteiger partial charge in [0, 0.05) is 31.6 Å². The molecule has 0 radical (unpaired) electrons. The zero-order valence-electron chi connectivity index (χ0n) is 22.7. The molecule has 5 heteroatoms. The Kier molecular flexibility index (Phi) is 7.63. The highest BCUT2D eigenvalue weighted by Gasteiger charge is 2.39. The Morgan fingerprint density at radius 3 is 2.46 bits per heavy atom. The summed E-state index contributed by atoms with van der Waals surface area (Å²) < 4.78 is 0. The molecule has 1 saturated carbocycles. The minimum absolute atomic E-state index is 0.0119. The van der Waals surface area contributed by atoms with Crippen molar-refractivity contribution < 1.29 is 9.59 Å². The largest absolute Gasteiger partial charge is 0.335 e. The molecule has 1 aliphatic heterocycles. The number of hydrogen-bond donors (Lipinski definition) is 1. The molecule has 192 valence electrons. The van der Waals surface area contributed by atoms with Gasteiger partial charge in [-0.3, -0.25) is 4.79 Å². The average molecular weight is 480 g/mol. The quantitative estimate of drug-likeness (QED) is 0.572. The maximum atomic E-state index is 13.8. The lowest BCUT2D eigenvalue weighted by Gasteiger charge is -2.41. The lowest BCUT2D eigenvalue weighted by Crippen LogP contribution is -2.49. The Morgan fingerprint density at radius 2 is 1.80 bits per heavy atom. The Balaban J connectivity index is 1.38. The average Bonchev–Trinajstić information content (AvgIpc) is 3.17. The number of nitrogens with zero attached hydrogens (tertiary/aromatic N) is 2. The van der Waals surface area contributed by atoms with E-state index in [4.69, 9.17) is 0 Å². The predicted molar refractivity (Wildman–Crippen MR) is 143 cm³/mol. The van der Waals surface area contributed by atoms with Gasteiger partial charge in [-0.1, -0.05) is 38.1 Å². The normalized spacial score (nSPS) is 24.3. The van der Waals surface area contributed by atoms with Crippen molar-refractivity contribution in [2.45, 2.75) is 91.1 Å². The second kappa shape index (κ2) is 10.4. The molecule has 1 fully saturated rings. The van der Waals surface area contributed by atoms with Gasteiger partial charge in [-0.05, 0) is 99.8 Å². The minimum Gasteiger partial charge on any atom is -0.335 e. The van der Waals surface area contributed by atoms with Gasteiger partial charge in [-0.25, -0.2) is 4.79 Å². The predicted octanol–water partition coefficient (Wildman–Crippen LogP) is 5.89. The third-order valence-electron chi connectivity index (χ3n) is 8.03. The Labute approximate surface area is 212 Å². The fraction of sp³-hybridized carbons (Fsp3) is 0.667. The summed E-state index contributed by atoms with van der Waals surface area (Å²) in [6.07, 6.45) is 6.95. The number of carbonyl (C=O) groups is 2. The minimum atomic E-state index is -0.230. The molecule has 3 amide bonds. The van der Waals surface area contributed by atoms with Crippen molar-refractivity contribution in [3.8, 4) is 0 Å². The summed E-state index contributed by atoms with van der Waals surface area (Å²) in [6.45, 7) is 12.2. The Hall–Kier alpha value is -2.30. The summed E-state index contributed by atoms with van der Waals surface area (Å²) in [5, 5.41) is 3.05. The summed E-state index contributed by atoms with van der Waals surface area (Å²) in [4.78, 5) is 30.3. The molecule has 1 aromatic carbocycles. The van der Waals surface area contributed by atoms with Crippen LogP contribution in [0.15, 0.2) is 29.8 Å². The van der Waals surface area contributed by atoms with Gasteiger partial charge in [-0.2, -0.15) is 0 Å². The Morgan fingerprint density at radius 1 is 1.11 bits per heavy atom. The molecule has 5 nitrogen and oxygen atoms in total. The van der Waals surface area contributed by atoms with Crippen LogP contribution >= 0.6 is 0 Å². The highest BCUT2D eigenvalue weighted by Crippen LogP contribution is 2.43. The van der Waals surface area contributed by atoms with Crippen LogP contribution in [0, 0.1) is 17.8 Å². The number of fused-ring (bicyclic) bond motifs is 2. The van der Waals surface area contributed by atoms with Crippen LogP contribution in [-0.2, 0) is 11.2 Å². The maximum absolute atomic E-state index is 13.8. The van der Waals surface area contributed by atoms with E-state index in [-0.39, 0.29) is 23.5 Å². The number of hydrogen-bond acceptors (Lipinski definition) is 2. The SMILES string of the molecule is CC(C)CC1C2=C(CCN1C(=O)C1CCC(CN(C)C(=O)NC(C)(C)C)CC1)c1ccccc1C2. The molecule has 0 saturated heterocycles. The van der Waals surface area contributed by atoms with E-state index in [0.29, 0.717) is 17.7 Å². The van der Waals surface area contributed by atoms with E-state index in [2.05, 4.69) is 48.3 Å². The van der Waals surface area contributed by atoms with Crippen LogP contribution in [0.25, 0.3) is 5.57 Å². The van der Waals surface area contributed by atoms with Crippen molar-refractivity contribution in [2.24, 2.45) is 17.8 Å². The van der Waals surface area contributed by atoms with Crippen LogP contribution in [0.4, 0.5) is 4.79 Å². The van der Waals surface area contributed by atoms with E-state index >= 15 is 0 Å². The monoisotopic (exact) mass is 479 g/mol. The van der Waals surface area contributed by atoms with Crippen LogP contribution < -0.4 is 5.32 Å². The fourth-order valence-corrected chi connectivity index (χ4v) is 6.34. The van der Waals surface area contributed by atoms with Gasteiger partial charge < -0.3 is 15.1 Å². The van der Waals surface area contributed by atoms with Crippen molar-refractivity contribution in [1.29, 1.82) is 0 Å². The molecule has 4 rings (SSSR count). The molecule has 0 spiro atoms. The second-order valence-corrected chi connectivity index (χ2v) is 12.5. The molecule has 1 atom stereocenters. The van der Waals surface area contributed by atoms with Crippen molar-refractivity contribution in [2.75, 3.05) is 20.1 Å². The van der Waals surface area contributed by atoms with Crippen LogP contribution in [-0.4, -0.2) is 53.5 Å². The third kappa shape index (κ3) is 5.92. The summed E-state index contributed by atoms with van der Waals surface area (Å²) >= 11 is 0. The summed E-state index contributed by atoms with van der Waals surface area (Å²) in [7, 11) is 1.88.